The fraction of sp³-hybridized carbons (Fsp3) is 0.214. The van der Waals surface area contributed by atoms with Gasteiger partial charge in [-0.15, -0.1) is 0 Å². The third-order valence-corrected chi connectivity index (χ3v) is 3.07. The van der Waals surface area contributed by atoms with Gasteiger partial charge in [0.15, 0.2) is 0 Å². The van der Waals surface area contributed by atoms with Crippen LogP contribution in [0.1, 0.15) is 11.1 Å². The van der Waals surface area contributed by atoms with Gasteiger partial charge in [-0.25, -0.2) is 0 Å². The Bertz CT molecular complexity index is 515. The van der Waals surface area contributed by atoms with E-state index in [-0.39, 0.29) is 6.54 Å². The van der Waals surface area contributed by atoms with E-state index in [1.54, 1.807) is 18.5 Å². The maximum absolute atomic E-state index is 10.7. The van der Waals surface area contributed by atoms with Gasteiger partial charge >= 0.3 is 0 Å². The molecule has 4 nitrogen and oxygen atoms in total. The predicted octanol–water partition coefficient (Wildman–Crippen LogP) is 1.05. The Labute approximate surface area is 106 Å². The van der Waals surface area contributed by atoms with Crippen LogP contribution in [-0.4, -0.2) is 16.6 Å². The zero-order valence-electron chi connectivity index (χ0n) is 10.1. The van der Waals surface area contributed by atoms with E-state index in [1.165, 1.54) is 0 Å². The number of nitrogens with zero attached hydrogens (tertiary/aromatic N) is 1. The number of rotatable bonds is 4. The van der Waals surface area contributed by atoms with Crippen molar-refractivity contribution in [1.29, 1.82) is 0 Å². The van der Waals surface area contributed by atoms with Crippen molar-refractivity contribution >= 4 is 5.69 Å². The molecule has 5 N–H and O–H groups in total. The van der Waals surface area contributed by atoms with Gasteiger partial charge in [0.2, 0.25) is 0 Å². The number of hydrogen-bond donors (Lipinski definition) is 3. The lowest BCUT2D eigenvalue weighted by molar-refractivity contribution is 0.0463. The molecule has 94 valence electrons. The Hall–Kier alpha value is -1.91. The summed E-state index contributed by atoms with van der Waals surface area (Å²) < 4.78 is 0. The number of aromatic nitrogens is 1. The SMILES string of the molecule is NCC(O)(Cc1cnccc1N)c1ccccc1. The molecule has 1 unspecified atom stereocenters. The Morgan fingerprint density at radius 3 is 2.50 bits per heavy atom. The van der Waals surface area contributed by atoms with Crippen LogP contribution in [0, 0.1) is 0 Å². The molecule has 0 aliphatic heterocycles. The van der Waals surface area contributed by atoms with Crippen molar-refractivity contribution in [1.82, 2.24) is 4.98 Å². The number of anilines is 1. The highest BCUT2D eigenvalue weighted by Gasteiger charge is 2.28. The molecule has 0 amide bonds. The fourth-order valence-electron chi connectivity index (χ4n) is 1.94. The van der Waals surface area contributed by atoms with Crippen LogP contribution in [0.15, 0.2) is 48.8 Å². The minimum atomic E-state index is -1.11. The van der Waals surface area contributed by atoms with Crippen molar-refractivity contribution < 1.29 is 5.11 Å². The molecule has 0 saturated carbocycles. The number of hydrogen-bond acceptors (Lipinski definition) is 4. The summed E-state index contributed by atoms with van der Waals surface area (Å²) in [7, 11) is 0. The Morgan fingerprint density at radius 2 is 1.89 bits per heavy atom. The number of nitrogens with two attached hydrogens (primary N) is 2. The smallest absolute Gasteiger partial charge is 0.106 e. The maximum Gasteiger partial charge on any atom is 0.106 e. The van der Waals surface area contributed by atoms with Crippen LogP contribution in [-0.2, 0) is 12.0 Å². The van der Waals surface area contributed by atoms with Crippen LogP contribution in [0.4, 0.5) is 5.69 Å². The number of aliphatic hydroxyl groups is 1. The number of nitrogen functional groups attached to an aromatic ring is 1. The molecule has 1 aromatic carbocycles. The first-order chi connectivity index (χ1) is 8.65. The predicted molar refractivity (Wildman–Crippen MR) is 71.7 cm³/mol. The second-order valence-electron chi connectivity index (χ2n) is 4.35. The van der Waals surface area contributed by atoms with Crippen LogP contribution >= 0.6 is 0 Å². The lowest BCUT2D eigenvalue weighted by Gasteiger charge is -2.27. The minimum Gasteiger partial charge on any atom is -0.398 e. The molecule has 0 aliphatic rings. The average Bonchev–Trinajstić information content (AvgIpc) is 2.42. The van der Waals surface area contributed by atoms with Crippen molar-refractivity contribution in [3.63, 3.8) is 0 Å². The van der Waals surface area contributed by atoms with E-state index < -0.39 is 5.60 Å². The average molecular weight is 243 g/mol. The second-order valence-corrected chi connectivity index (χ2v) is 4.35. The number of benzene rings is 1. The summed E-state index contributed by atoms with van der Waals surface area (Å²) in [4.78, 5) is 4.03. The molecule has 0 spiro atoms. The van der Waals surface area contributed by atoms with Gasteiger partial charge in [0.25, 0.3) is 0 Å². The Morgan fingerprint density at radius 1 is 1.17 bits per heavy atom. The Kier molecular flexibility index (Phi) is 3.60. The van der Waals surface area contributed by atoms with Gasteiger partial charge in [0.1, 0.15) is 5.60 Å². The highest BCUT2D eigenvalue weighted by molar-refractivity contribution is 5.45. The van der Waals surface area contributed by atoms with E-state index in [4.69, 9.17) is 11.5 Å². The van der Waals surface area contributed by atoms with E-state index in [0.717, 1.165) is 11.1 Å². The summed E-state index contributed by atoms with van der Waals surface area (Å²) in [5, 5.41) is 10.7. The molecule has 0 saturated heterocycles. The molecule has 0 bridgehead atoms. The zero-order valence-corrected chi connectivity index (χ0v) is 10.1. The lowest BCUT2D eigenvalue weighted by Crippen LogP contribution is -2.37. The van der Waals surface area contributed by atoms with E-state index in [0.29, 0.717) is 12.1 Å². The van der Waals surface area contributed by atoms with Crippen molar-refractivity contribution in [2.24, 2.45) is 5.73 Å². The molecule has 1 aromatic heterocycles. The van der Waals surface area contributed by atoms with Gasteiger partial charge in [-0.2, -0.15) is 0 Å². The third kappa shape index (κ3) is 2.50. The van der Waals surface area contributed by atoms with Crippen molar-refractivity contribution in [3.8, 4) is 0 Å². The largest absolute Gasteiger partial charge is 0.398 e. The third-order valence-electron chi connectivity index (χ3n) is 3.07. The fourth-order valence-corrected chi connectivity index (χ4v) is 1.94. The summed E-state index contributed by atoms with van der Waals surface area (Å²) in [6.45, 7) is 0.130. The molecular formula is C14H17N3O. The molecule has 0 fully saturated rings. The monoisotopic (exact) mass is 243 g/mol. The molecule has 2 aromatic rings. The molecule has 0 radical (unpaired) electrons. The van der Waals surface area contributed by atoms with E-state index in [9.17, 15) is 5.11 Å². The number of pyridine rings is 1. The quantitative estimate of drug-likeness (QED) is 0.749. The topological polar surface area (TPSA) is 85.2 Å². The van der Waals surface area contributed by atoms with Gasteiger partial charge in [-0.05, 0) is 17.2 Å². The highest BCUT2D eigenvalue weighted by atomic mass is 16.3. The molecular weight excluding hydrogens is 226 g/mol. The normalized spacial score (nSPS) is 14.1. The summed E-state index contributed by atoms with van der Waals surface area (Å²) >= 11 is 0. The molecule has 2 rings (SSSR count). The van der Waals surface area contributed by atoms with Gasteiger partial charge in [-0.3, -0.25) is 4.98 Å². The Balaban J connectivity index is 2.32. The first-order valence-corrected chi connectivity index (χ1v) is 5.82. The van der Waals surface area contributed by atoms with E-state index in [2.05, 4.69) is 4.98 Å². The lowest BCUT2D eigenvalue weighted by atomic mass is 9.87. The van der Waals surface area contributed by atoms with Crippen LogP contribution in [0.25, 0.3) is 0 Å². The summed E-state index contributed by atoms with van der Waals surface area (Å²) in [6.07, 6.45) is 3.65. The van der Waals surface area contributed by atoms with Crippen molar-refractivity contribution in [2.45, 2.75) is 12.0 Å². The molecule has 0 aliphatic carbocycles. The molecule has 1 heterocycles. The second kappa shape index (κ2) is 5.16. The molecule has 18 heavy (non-hydrogen) atoms. The van der Waals surface area contributed by atoms with E-state index >= 15 is 0 Å². The standard InChI is InChI=1S/C14H17N3O/c15-10-14(18,12-4-2-1-3-5-12)8-11-9-17-7-6-13(11)16/h1-7,9,18H,8,10,15H2,(H2,16,17). The van der Waals surface area contributed by atoms with Crippen molar-refractivity contribution in [2.75, 3.05) is 12.3 Å². The molecule has 1 atom stereocenters. The maximum atomic E-state index is 10.7. The summed E-state index contributed by atoms with van der Waals surface area (Å²) in [5.41, 5.74) is 12.7. The summed E-state index contributed by atoms with van der Waals surface area (Å²) in [6, 6.07) is 11.1. The van der Waals surface area contributed by atoms with Crippen molar-refractivity contribution in [3.05, 3.63) is 59.9 Å². The van der Waals surface area contributed by atoms with Gasteiger partial charge in [-0.1, -0.05) is 30.3 Å². The highest BCUT2D eigenvalue weighted by Crippen LogP contribution is 2.26. The van der Waals surface area contributed by atoms with Gasteiger partial charge in [0, 0.05) is 31.0 Å². The van der Waals surface area contributed by atoms with Gasteiger partial charge < -0.3 is 16.6 Å². The van der Waals surface area contributed by atoms with E-state index in [1.807, 2.05) is 30.3 Å². The molecule has 4 heteroatoms. The zero-order chi connectivity index (χ0) is 13.0. The first-order valence-electron chi connectivity index (χ1n) is 5.82. The summed E-state index contributed by atoms with van der Waals surface area (Å²) in [5.74, 6) is 0. The van der Waals surface area contributed by atoms with Gasteiger partial charge in [0.05, 0.1) is 0 Å². The van der Waals surface area contributed by atoms with Crippen LogP contribution in [0.3, 0.4) is 0 Å². The van der Waals surface area contributed by atoms with Crippen LogP contribution in [0.5, 0.6) is 0 Å². The minimum absolute atomic E-state index is 0.130. The van der Waals surface area contributed by atoms with Crippen LogP contribution < -0.4 is 11.5 Å². The first kappa shape index (κ1) is 12.5. The van der Waals surface area contributed by atoms with Crippen LogP contribution in [0.2, 0.25) is 0 Å².